The first kappa shape index (κ1) is 13.5. The van der Waals surface area contributed by atoms with Gasteiger partial charge < -0.3 is 14.8 Å². The molecule has 2 atom stereocenters. The van der Waals surface area contributed by atoms with Crippen molar-refractivity contribution in [3.63, 3.8) is 0 Å². The molecule has 2 aromatic rings. The molecule has 106 valence electrons. The number of nitrogens with zero attached hydrogens (tertiary/aromatic N) is 2. The molecule has 1 aromatic carbocycles. The first-order chi connectivity index (χ1) is 9.75. The highest BCUT2D eigenvalue weighted by Gasteiger charge is 2.23. The molecule has 0 saturated carbocycles. The van der Waals surface area contributed by atoms with Crippen molar-refractivity contribution in [3.8, 4) is 5.75 Å². The molecular weight excluding hydrogens is 278 g/mol. The van der Waals surface area contributed by atoms with Gasteiger partial charge in [-0.1, -0.05) is 17.7 Å². The zero-order valence-corrected chi connectivity index (χ0v) is 11.9. The summed E-state index contributed by atoms with van der Waals surface area (Å²) in [6.45, 7) is 4.39. The van der Waals surface area contributed by atoms with E-state index >= 15 is 0 Å². The summed E-state index contributed by atoms with van der Waals surface area (Å²) in [4.78, 5) is 8.24. The van der Waals surface area contributed by atoms with Gasteiger partial charge in [-0.25, -0.2) is 9.97 Å². The lowest BCUT2D eigenvalue weighted by Gasteiger charge is -2.29. The third-order valence-corrected chi connectivity index (χ3v) is 3.67. The number of halogens is 1. The maximum atomic E-state index is 6.07. The number of hydrogen-bond donors (Lipinski definition) is 1. The van der Waals surface area contributed by atoms with E-state index in [4.69, 9.17) is 21.1 Å². The molecule has 1 saturated heterocycles. The summed E-state index contributed by atoms with van der Waals surface area (Å²) < 4.78 is 11.7. The number of fused-ring (bicyclic) bond motifs is 1. The van der Waals surface area contributed by atoms with Crippen molar-refractivity contribution in [3.05, 3.63) is 29.7 Å². The summed E-state index contributed by atoms with van der Waals surface area (Å²) in [6, 6.07) is 5.66. The van der Waals surface area contributed by atoms with Crippen molar-refractivity contribution >= 4 is 22.5 Å². The SMILES string of the molecule is CC(Oc1cccc2c(Cl)ncnc12)C1CNCCO1. The van der Waals surface area contributed by atoms with E-state index in [0.29, 0.717) is 17.5 Å². The summed E-state index contributed by atoms with van der Waals surface area (Å²) in [5.41, 5.74) is 0.725. The van der Waals surface area contributed by atoms with Crippen molar-refractivity contribution in [1.29, 1.82) is 0 Å². The maximum Gasteiger partial charge on any atom is 0.146 e. The van der Waals surface area contributed by atoms with Crippen LogP contribution in [0.15, 0.2) is 24.5 Å². The van der Waals surface area contributed by atoms with Gasteiger partial charge in [-0.15, -0.1) is 0 Å². The van der Waals surface area contributed by atoms with Crippen molar-refractivity contribution in [2.24, 2.45) is 0 Å². The smallest absolute Gasteiger partial charge is 0.146 e. The van der Waals surface area contributed by atoms with Gasteiger partial charge in [0.25, 0.3) is 0 Å². The van der Waals surface area contributed by atoms with E-state index < -0.39 is 0 Å². The molecule has 20 heavy (non-hydrogen) atoms. The fourth-order valence-corrected chi connectivity index (χ4v) is 2.48. The average Bonchev–Trinajstić information content (AvgIpc) is 2.49. The molecule has 1 N–H and O–H groups in total. The van der Waals surface area contributed by atoms with Gasteiger partial charge in [-0.05, 0) is 19.1 Å². The van der Waals surface area contributed by atoms with Gasteiger partial charge in [-0.2, -0.15) is 0 Å². The fraction of sp³-hybridized carbons (Fsp3) is 0.429. The standard InChI is InChI=1S/C14H16ClN3O2/c1-9(12-7-16-5-6-19-12)20-11-4-2-3-10-13(11)17-8-18-14(10)15/h2-4,8-9,12,16H,5-7H2,1H3. The molecule has 1 fully saturated rings. The van der Waals surface area contributed by atoms with E-state index in [-0.39, 0.29) is 12.2 Å². The Balaban J connectivity index is 1.85. The van der Waals surface area contributed by atoms with Crippen LogP contribution in [0, 0.1) is 0 Å². The van der Waals surface area contributed by atoms with Gasteiger partial charge in [0.1, 0.15) is 35.0 Å². The summed E-state index contributed by atoms with van der Waals surface area (Å²) in [6.07, 6.45) is 1.42. The van der Waals surface area contributed by atoms with Crippen molar-refractivity contribution in [2.45, 2.75) is 19.1 Å². The highest BCUT2D eigenvalue weighted by Crippen LogP contribution is 2.28. The lowest BCUT2D eigenvalue weighted by atomic mass is 10.2. The molecule has 5 nitrogen and oxygen atoms in total. The number of hydrogen-bond acceptors (Lipinski definition) is 5. The second kappa shape index (κ2) is 5.91. The third kappa shape index (κ3) is 2.70. The molecule has 0 amide bonds. The largest absolute Gasteiger partial charge is 0.486 e. The minimum atomic E-state index is -0.0675. The fourth-order valence-electron chi connectivity index (χ4n) is 2.29. The first-order valence-electron chi connectivity index (χ1n) is 6.64. The second-order valence-corrected chi connectivity index (χ2v) is 5.11. The molecule has 2 unspecified atom stereocenters. The van der Waals surface area contributed by atoms with E-state index in [1.165, 1.54) is 6.33 Å². The monoisotopic (exact) mass is 293 g/mol. The average molecular weight is 294 g/mol. The minimum Gasteiger partial charge on any atom is -0.486 e. The van der Waals surface area contributed by atoms with Gasteiger partial charge in [0, 0.05) is 18.5 Å². The van der Waals surface area contributed by atoms with Gasteiger partial charge in [-0.3, -0.25) is 0 Å². The third-order valence-electron chi connectivity index (χ3n) is 3.37. The van der Waals surface area contributed by atoms with Crippen LogP contribution in [-0.4, -0.2) is 41.9 Å². The predicted octanol–water partition coefficient (Wildman–Crippen LogP) is 2.04. The highest BCUT2D eigenvalue weighted by atomic mass is 35.5. The Bertz CT molecular complexity index is 602. The van der Waals surface area contributed by atoms with Crippen molar-refractivity contribution in [1.82, 2.24) is 15.3 Å². The number of nitrogens with one attached hydrogen (secondary N) is 1. The number of morpholine rings is 1. The van der Waals surface area contributed by atoms with Crippen LogP contribution >= 0.6 is 11.6 Å². The quantitative estimate of drug-likeness (QED) is 0.878. The zero-order chi connectivity index (χ0) is 13.9. The number of benzene rings is 1. The second-order valence-electron chi connectivity index (χ2n) is 4.75. The molecule has 0 bridgehead atoms. The Labute approximate surface area is 122 Å². The maximum absolute atomic E-state index is 6.07. The van der Waals surface area contributed by atoms with Crippen LogP contribution in [0.5, 0.6) is 5.75 Å². The predicted molar refractivity (Wildman–Crippen MR) is 77.2 cm³/mol. The number of para-hydroxylation sites is 1. The van der Waals surface area contributed by atoms with E-state index in [0.717, 1.165) is 24.0 Å². The Kier molecular flexibility index (Phi) is 4.00. The lowest BCUT2D eigenvalue weighted by Crippen LogP contribution is -2.46. The van der Waals surface area contributed by atoms with Crippen LogP contribution < -0.4 is 10.1 Å². The normalized spacial score (nSPS) is 20.8. The highest BCUT2D eigenvalue weighted by molar-refractivity contribution is 6.34. The Morgan fingerprint density at radius 2 is 2.35 bits per heavy atom. The summed E-state index contributed by atoms with van der Waals surface area (Å²) in [5.74, 6) is 0.702. The molecule has 2 heterocycles. The van der Waals surface area contributed by atoms with Gasteiger partial charge >= 0.3 is 0 Å². The topological polar surface area (TPSA) is 56.3 Å². The van der Waals surface area contributed by atoms with E-state index in [2.05, 4.69) is 15.3 Å². The van der Waals surface area contributed by atoms with Crippen molar-refractivity contribution < 1.29 is 9.47 Å². The van der Waals surface area contributed by atoms with E-state index in [1.807, 2.05) is 25.1 Å². The van der Waals surface area contributed by atoms with E-state index in [1.54, 1.807) is 0 Å². The summed E-state index contributed by atoms with van der Waals surface area (Å²) in [7, 11) is 0. The van der Waals surface area contributed by atoms with E-state index in [9.17, 15) is 0 Å². The number of ether oxygens (including phenoxy) is 2. The minimum absolute atomic E-state index is 0.0383. The number of aromatic nitrogens is 2. The molecule has 0 aliphatic carbocycles. The zero-order valence-electron chi connectivity index (χ0n) is 11.2. The van der Waals surface area contributed by atoms with Crippen LogP contribution in [0.25, 0.3) is 10.9 Å². The Morgan fingerprint density at radius 1 is 1.45 bits per heavy atom. The summed E-state index contributed by atoms with van der Waals surface area (Å²) in [5, 5.41) is 4.52. The van der Waals surface area contributed by atoms with Crippen LogP contribution in [-0.2, 0) is 4.74 Å². The molecule has 0 radical (unpaired) electrons. The lowest BCUT2D eigenvalue weighted by molar-refractivity contribution is -0.0346. The van der Waals surface area contributed by atoms with Crippen LogP contribution in [0.3, 0.4) is 0 Å². The van der Waals surface area contributed by atoms with Crippen LogP contribution in [0.2, 0.25) is 5.15 Å². The molecular formula is C14H16ClN3O2. The van der Waals surface area contributed by atoms with Gasteiger partial charge in [0.2, 0.25) is 0 Å². The molecule has 1 aromatic heterocycles. The molecule has 1 aliphatic rings. The van der Waals surface area contributed by atoms with Crippen LogP contribution in [0.4, 0.5) is 0 Å². The first-order valence-corrected chi connectivity index (χ1v) is 7.01. The Morgan fingerprint density at radius 3 is 3.15 bits per heavy atom. The van der Waals surface area contributed by atoms with Gasteiger partial charge in [0.05, 0.1) is 6.61 Å². The molecule has 0 spiro atoms. The molecule has 6 heteroatoms. The van der Waals surface area contributed by atoms with Crippen LogP contribution in [0.1, 0.15) is 6.92 Å². The Hall–Kier alpha value is -1.43. The summed E-state index contributed by atoms with van der Waals surface area (Å²) >= 11 is 6.07. The molecule has 1 aliphatic heterocycles. The molecule has 3 rings (SSSR count). The van der Waals surface area contributed by atoms with Gasteiger partial charge in [0.15, 0.2) is 0 Å². The number of rotatable bonds is 3. The van der Waals surface area contributed by atoms with Crippen molar-refractivity contribution in [2.75, 3.05) is 19.7 Å².